The second kappa shape index (κ2) is 8.23. The second-order valence-electron chi connectivity index (χ2n) is 12.0. The van der Waals surface area contributed by atoms with Crippen LogP contribution < -0.4 is 0 Å². The standard InChI is InChI=1S/C28H43NO/c1-27-16-14-26-24(11-9-22-18-23(30)13-15-28(22,26)2)25(27)12-10-21(27)8-4-3-6-20-7-5-17-29-19-20/h5,7,17,19,21-26,30H,3-4,6,8-16,18H2,1-2H3. The molecule has 1 N–H and O–H groups in total. The summed E-state index contributed by atoms with van der Waals surface area (Å²) in [5.74, 6) is 4.63. The summed E-state index contributed by atoms with van der Waals surface area (Å²) in [6, 6.07) is 4.29. The lowest BCUT2D eigenvalue weighted by atomic mass is 9.44. The molecule has 1 aromatic rings. The third kappa shape index (κ3) is 3.55. The fourth-order valence-electron chi connectivity index (χ4n) is 9.08. The molecule has 0 radical (unpaired) electrons. The van der Waals surface area contributed by atoms with E-state index in [9.17, 15) is 5.11 Å². The molecule has 166 valence electrons. The molecule has 2 nitrogen and oxygen atoms in total. The van der Waals surface area contributed by atoms with Gasteiger partial charge in [-0.1, -0.05) is 26.3 Å². The topological polar surface area (TPSA) is 33.1 Å². The van der Waals surface area contributed by atoms with Crippen LogP contribution in [0.5, 0.6) is 0 Å². The van der Waals surface area contributed by atoms with Gasteiger partial charge in [0.15, 0.2) is 0 Å². The molecule has 4 fully saturated rings. The summed E-state index contributed by atoms with van der Waals surface area (Å²) >= 11 is 0. The normalized spacial score (nSPS) is 45.4. The van der Waals surface area contributed by atoms with Gasteiger partial charge in [0.2, 0.25) is 0 Å². The molecule has 8 atom stereocenters. The number of aryl methyl sites for hydroxylation is 1. The van der Waals surface area contributed by atoms with Crippen LogP contribution in [0.1, 0.15) is 96.5 Å². The van der Waals surface area contributed by atoms with E-state index in [0.717, 1.165) is 42.4 Å². The van der Waals surface area contributed by atoms with Crippen molar-refractivity contribution in [2.24, 2.45) is 40.4 Å². The number of unbranched alkanes of at least 4 members (excludes halogenated alkanes) is 1. The molecule has 2 heteroatoms. The molecule has 0 aliphatic heterocycles. The minimum Gasteiger partial charge on any atom is -0.393 e. The Hall–Kier alpha value is -0.890. The first-order chi connectivity index (χ1) is 14.5. The van der Waals surface area contributed by atoms with E-state index in [1.807, 2.05) is 12.4 Å². The van der Waals surface area contributed by atoms with Crippen molar-refractivity contribution >= 4 is 0 Å². The Morgan fingerprint density at radius 3 is 2.63 bits per heavy atom. The predicted octanol–water partition coefficient (Wildman–Crippen LogP) is 6.81. The van der Waals surface area contributed by atoms with Crippen molar-refractivity contribution in [3.8, 4) is 0 Å². The second-order valence-corrected chi connectivity index (χ2v) is 12.0. The zero-order valence-electron chi connectivity index (χ0n) is 19.4. The van der Waals surface area contributed by atoms with E-state index in [0.29, 0.717) is 10.8 Å². The van der Waals surface area contributed by atoms with E-state index in [1.165, 1.54) is 76.2 Å². The minimum absolute atomic E-state index is 0.0176. The van der Waals surface area contributed by atoms with Gasteiger partial charge in [0.25, 0.3) is 0 Å². The molecular formula is C28H43NO. The van der Waals surface area contributed by atoms with Gasteiger partial charge < -0.3 is 5.11 Å². The molecule has 0 amide bonds. The van der Waals surface area contributed by atoms with Gasteiger partial charge in [0.05, 0.1) is 6.10 Å². The van der Waals surface area contributed by atoms with Crippen LogP contribution in [0, 0.1) is 40.4 Å². The highest BCUT2D eigenvalue weighted by Gasteiger charge is 2.59. The SMILES string of the molecule is CC12CCC3C(CCC4CC(O)CCC43C)C1CCC2CCCCc1cccnc1. The number of aliphatic hydroxyl groups excluding tert-OH is 1. The molecule has 0 spiro atoms. The Kier molecular flexibility index (Phi) is 5.75. The summed E-state index contributed by atoms with van der Waals surface area (Å²) in [4.78, 5) is 4.27. The van der Waals surface area contributed by atoms with Crippen molar-refractivity contribution in [2.45, 2.75) is 103 Å². The summed E-state index contributed by atoms with van der Waals surface area (Å²) in [6.45, 7) is 5.31. The number of hydrogen-bond donors (Lipinski definition) is 1. The van der Waals surface area contributed by atoms with Crippen molar-refractivity contribution in [1.82, 2.24) is 4.98 Å². The van der Waals surface area contributed by atoms with Crippen LogP contribution in [0.25, 0.3) is 0 Å². The molecule has 0 saturated heterocycles. The Bertz CT molecular complexity index is 719. The lowest BCUT2D eigenvalue weighted by Crippen LogP contribution is -2.53. The van der Waals surface area contributed by atoms with Crippen LogP contribution in [0.2, 0.25) is 0 Å². The number of pyridine rings is 1. The Balaban J connectivity index is 1.21. The zero-order chi connectivity index (χ0) is 20.8. The molecule has 1 aromatic heterocycles. The highest BCUT2D eigenvalue weighted by molar-refractivity contribution is 5.10. The van der Waals surface area contributed by atoms with E-state index >= 15 is 0 Å². The molecule has 30 heavy (non-hydrogen) atoms. The highest BCUT2D eigenvalue weighted by Crippen LogP contribution is 2.67. The van der Waals surface area contributed by atoms with Crippen LogP contribution in [-0.4, -0.2) is 16.2 Å². The lowest BCUT2D eigenvalue weighted by Gasteiger charge is -2.61. The molecule has 4 aliphatic rings. The summed E-state index contributed by atoms with van der Waals surface area (Å²) in [5, 5.41) is 10.3. The lowest BCUT2D eigenvalue weighted by molar-refractivity contribution is -0.127. The maximum atomic E-state index is 10.3. The van der Waals surface area contributed by atoms with E-state index in [-0.39, 0.29) is 6.10 Å². The van der Waals surface area contributed by atoms with Crippen molar-refractivity contribution in [2.75, 3.05) is 0 Å². The van der Waals surface area contributed by atoms with Crippen LogP contribution in [0.3, 0.4) is 0 Å². The minimum atomic E-state index is -0.0176. The van der Waals surface area contributed by atoms with E-state index in [1.54, 1.807) is 0 Å². The average Bonchev–Trinajstić information content (AvgIpc) is 3.09. The van der Waals surface area contributed by atoms with Gasteiger partial charge in [-0.05, 0) is 129 Å². The number of fused-ring (bicyclic) bond motifs is 5. The summed E-state index contributed by atoms with van der Waals surface area (Å²) in [7, 11) is 0. The van der Waals surface area contributed by atoms with E-state index in [4.69, 9.17) is 0 Å². The van der Waals surface area contributed by atoms with Gasteiger partial charge in [0.1, 0.15) is 0 Å². The zero-order valence-corrected chi connectivity index (χ0v) is 19.4. The van der Waals surface area contributed by atoms with Crippen molar-refractivity contribution in [1.29, 1.82) is 0 Å². The van der Waals surface area contributed by atoms with Crippen LogP contribution in [0.4, 0.5) is 0 Å². The fourth-order valence-corrected chi connectivity index (χ4v) is 9.08. The Morgan fingerprint density at radius 2 is 1.80 bits per heavy atom. The monoisotopic (exact) mass is 409 g/mol. The fraction of sp³-hybridized carbons (Fsp3) is 0.821. The molecule has 5 rings (SSSR count). The number of aromatic nitrogens is 1. The average molecular weight is 410 g/mol. The quantitative estimate of drug-likeness (QED) is 0.542. The first-order valence-electron chi connectivity index (χ1n) is 13.1. The van der Waals surface area contributed by atoms with Crippen molar-refractivity contribution in [3.63, 3.8) is 0 Å². The molecule has 8 unspecified atom stereocenters. The van der Waals surface area contributed by atoms with Gasteiger partial charge in [-0.3, -0.25) is 4.98 Å². The molecule has 1 heterocycles. The third-order valence-corrected chi connectivity index (χ3v) is 10.8. The van der Waals surface area contributed by atoms with Gasteiger partial charge in [-0.25, -0.2) is 0 Å². The Labute approximate surface area is 184 Å². The third-order valence-electron chi connectivity index (χ3n) is 10.8. The molecular weight excluding hydrogens is 366 g/mol. The Morgan fingerprint density at radius 1 is 0.967 bits per heavy atom. The van der Waals surface area contributed by atoms with Gasteiger partial charge in [-0.2, -0.15) is 0 Å². The van der Waals surface area contributed by atoms with Crippen molar-refractivity contribution in [3.05, 3.63) is 30.1 Å². The van der Waals surface area contributed by atoms with Gasteiger partial charge >= 0.3 is 0 Å². The van der Waals surface area contributed by atoms with Crippen LogP contribution >= 0.6 is 0 Å². The number of rotatable bonds is 5. The van der Waals surface area contributed by atoms with Gasteiger partial charge in [-0.15, -0.1) is 0 Å². The van der Waals surface area contributed by atoms with Crippen molar-refractivity contribution < 1.29 is 5.11 Å². The molecule has 4 saturated carbocycles. The summed E-state index contributed by atoms with van der Waals surface area (Å²) < 4.78 is 0. The summed E-state index contributed by atoms with van der Waals surface area (Å²) in [6.07, 6.45) is 21.4. The predicted molar refractivity (Wildman–Crippen MR) is 123 cm³/mol. The van der Waals surface area contributed by atoms with Crippen LogP contribution in [0.15, 0.2) is 24.5 Å². The highest BCUT2D eigenvalue weighted by atomic mass is 16.3. The molecule has 0 bridgehead atoms. The smallest absolute Gasteiger partial charge is 0.0543 e. The molecule has 0 aromatic carbocycles. The first kappa shape index (κ1) is 21.0. The maximum absolute atomic E-state index is 10.3. The maximum Gasteiger partial charge on any atom is 0.0543 e. The number of aliphatic hydroxyl groups is 1. The largest absolute Gasteiger partial charge is 0.393 e. The van der Waals surface area contributed by atoms with Gasteiger partial charge in [0, 0.05) is 12.4 Å². The van der Waals surface area contributed by atoms with E-state index in [2.05, 4.69) is 31.0 Å². The number of nitrogens with zero attached hydrogens (tertiary/aromatic N) is 1. The first-order valence-corrected chi connectivity index (χ1v) is 13.1. The number of hydrogen-bond acceptors (Lipinski definition) is 2. The molecule has 4 aliphatic carbocycles. The summed E-state index contributed by atoms with van der Waals surface area (Å²) in [5.41, 5.74) is 2.52. The van der Waals surface area contributed by atoms with Crippen LogP contribution in [-0.2, 0) is 6.42 Å². The van der Waals surface area contributed by atoms with E-state index < -0.39 is 0 Å².